The summed E-state index contributed by atoms with van der Waals surface area (Å²) in [6.07, 6.45) is 5.17. The number of aromatic nitrogens is 6. The fraction of sp³-hybridized carbons (Fsp3) is 0.327. The van der Waals surface area contributed by atoms with E-state index in [9.17, 15) is 43.2 Å². The van der Waals surface area contributed by atoms with E-state index in [0.717, 1.165) is 134 Å². The number of ether oxygens (including phenoxy) is 2. The monoisotopic (exact) mass is 2470 g/mol. The Morgan fingerprint density at radius 1 is 0.493 bits per heavy atom. The van der Waals surface area contributed by atoms with E-state index in [2.05, 4.69) is 165 Å². The normalized spacial score (nSPS) is 11.0. The molecule has 138 heavy (non-hydrogen) atoms. The molecule has 8 N–H and O–H groups in total. The van der Waals surface area contributed by atoms with Crippen molar-refractivity contribution in [2.75, 3.05) is 43.1 Å². The quantitative estimate of drug-likeness (QED) is 0.0158. The van der Waals surface area contributed by atoms with Crippen LogP contribution in [0.5, 0.6) is 0 Å². The van der Waals surface area contributed by atoms with Gasteiger partial charge in [-0.2, -0.15) is 0 Å². The molecule has 2 atom stereocenters. The van der Waals surface area contributed by atoms with Gasteiger partial charge in [-0.3, -0.25) is 57.9 Å². The van der Waals surface area contributed by atoms with Crippen molar-refractivity contribution < 1.29 is 73.3 Å². The number of halogens is 8. The molecule has 5 amide bonds. The largest absolute Gasteiger partial charge is 1.00 e. The zero-order valence-electron chi connectivity index (χ0n) is 79.1. The smallest absolute Gasteiger partial charge is 0.870 e. The number of rotatable bonds is 27. The zero-order valence-corrected chi connectivity index (χ0v) is 97.8. The van der Waals surface area contributed by atoms with Gasteiger partial charge in [-0.1, -0.05) is 218 Å². The Kier molecular flexibility index (Phi) is 58.2. The fourth-order valence-corrected chi connectivity index (χ4v) is 19.5. The van der Waals surface area contributed by atoms with Crippen LogP contribution in [0.1, 0.15) is 197 Å². The molecule has 2 unspecified atom stereocenters. The van der Waals surface area contributed by atoms with E-state index < -0.39 is 23.4 Å². The molecule has 0 aliphatic heterocycles. The summed E-state index contributed by atoms with van der Waals surface area (Å²) in [6, 6.07) is 60.2. The first-order chi connectivity index (χ1) is 65.0. The summed E-state index contributed by atoms with van der Waals surface area (Å²) in [5, 5.41) is 24.8. The number of nitrogens with zero attached hydrogens (tertiary/aromatic N) is 7. The van der Waals surface area contributed by atoms with Gasteiger partial charge < -0.3 is 41.5 Å². The topological polar surface area (TPSA) is 345 Å². The fourth-order valence-electron chi connectivity index (χ4n) is 12.0. The second-order valence-corrected chi connectivity index (χ2v) is 43.6. The van der Waals surface area contributed by atoms with Crippen LogP contribution in [0.25, 0.3) is 30.6 Å². The molecule has 0 spiro atoms. The van der Waals surface area contributed by atoms with Crippen molar-refractivity contribution in [3.63, 3.8) is 0 Å². The summed E-state index contributed by atoms with van der Waals surface area (Å²) in [5.74, 6) is 1.98. The Morgan fingerprint density at radius 3 is 1.33 bits per heavy atom. The molecule has 40 heteroatoms. The van der Waals surface area contributed by atoms with E-state index in [1.165, 1.54) is 68.0 Å². The van der Waals surface area contributed by atoms with Crippen molar-refractivity contribution >= 4 is 268 Å². The van der Waals surface area contributed by atoms with Gasteiger partial charge in [0.2, 0.25) is 11.1 Å². The van der Waals surface area contributed by atoms with Gasteiger partial charge in [0.15, 0.2) is 0 Å². The van der Waals surface area contributed by atoms with Gasteiger partial charge in [0.05, 0.1) is 73.6 Å². The van der Waals surface area contributed by atoms with Gasteiger partial charge in [0.1, 0.15) is 53.2 Å². The number of carbonyl (C=O) groups is 6. The zero-order chi connectivity index (χ0) is 100. The number of anilines is 3. The van der Waals surface area contributed by atoms with Crippen molar-refractivity contribution in [3.05, 3.63) is 309 Å². The maximum Gasteiger partial charge on any atom is 1.00 e. The van der Waals surface area contributed by atoms with Crippen LogP contribution in [0.2, 0.25) is 0 Å². The Bertz CT molecular complexity index is 6230. The first-order valence-corrected chi connectivity index (χ1v) is 56.7. The van der Waals surface area contributed by atoms with E-state index in [0.29, 0.717) is 77.5 Å². The van der Waals surface area contributed by atoms with Crippen LogP contribution in [0.3, 0.4) is 0 Å². The number of hydrogen-bond acceptors (Lipinski definition) is 23. The van der Waals surface area contributed by atoms with Crippen molar-refractivity contribution in [1.29, 1.82) is 0 Å². The van der Waals surface area contributed by atoms with E-state index in [-0.39, 0.29) is 84.3 Å². The third-order valence-corrected chi connectivity index (χ3v) is 28.7. The molecule has 0 aliphatic carbocycles. The van der Waals surface area contributed by atoms with Crippen LogP contribution in [-0.4, -0.2) is 113 Å². The molecular weight excluding hydrogens is 2360 g/mol. The van der Waals surface area contributed by atoms with Gasteiger partial charge in [0.25, 0.3) is 28.5 Å². The molecule has 736 valence electrons. The molecule has 0 fully saturated rings. The average Bonchev–Trinajstić information content (AvgIpc) is 1.62. The minimum atomic E-state index is -0.586. The number of likely N-dealkylation sites (N-methyl/N-ethyl adjacent to an activating group) is 1. The van der Waals surface area contributed by atoms with Crippen LogP contribution in [-0.2, 0) is 58.2 Å². The van der Waals surface area contributed by atoms with Crippen LogP contribution < -0.4 is 78.6 Å². The van der Waals surface area contributed by atoms with Gasteiger partial charge in [-0.25, -0.2) is 24.5 Å². The first kappa shape index (κ1) is 123. The SMILES string of the molecule is BrBr.CC(C)(C)OC(=O)Nc1cccs1.CC(C)(C)OC(=O)Nc1sccc1C(=O)NCc1ccccc1.CCC(Br)c1nc2sc(Br)c(Br)c2c(=O)n1Cc1ccccc1.CCC(Br)c1nc2sc(Br)cc2c(=O)n1Cc1ccccc1.CCCC(=O)Cl.CCCC(=O)Nc1sccc1C(=O)NCc1ccccc1.CCCc1nc2sccc2c(=O)n1Cc1ccccc1.CN(C)CCN.[Na+].[OH-]. The number of nitrogens with two attached hydrogens (primary N) is 1. The van der Waals surface area contributed by atoms with Crippen molar-refractivity contribution in [2.24, 2.45) is 5.73 Å². The van der Waals surface area contributed by atoms with Crippen LogP contribution in [0.15, 0.2) is 236 Å². The molecule has 0 radical (unpaired) electrons. The number of thiophene rings is 6. The number of hydrogen-bond donors (Lipinski definition) is 6. The summed E-state index contributed by atoms with van der Waals surface area (Å²) >= 11 is 36.8. The van der Waals surface area contributed by atoms with Gasteiger partial charge in [-0.15, -0.1) is 68.0 Å². The number of nitrogens with one attached hydrogen (secondary N) is 5. The molecule has 5 aromatic carbocycles. The molecule has 0 saturated carbocycles. The van der Waals surface area contributed by atoms with Crippen molar-refractivity contribution in [2.45, 2.75) is 181 Å². The summed E-state index contributed by atoms with van der Waals surface area (Å²) in [6.45, 7) is 25.3. The Labute approximate surface area is 914 Å². The van der Waals surface area contributed by atoms with Crippen LogP contribution in [0.4, 0.5) is 24.6 Å². The van der Waals surface area contributed by atoms with Gasteiger partial charge in [0, 0.05) is 73.7 Å². The molecule has 0 saturated heterocycles. The van der Waals surface area contributed by atoms with Crippen LogP contribution in [0, 0.1) is 0 Å². The summed E-state index contributed by atoms with van der Waals surface area (Å²) < 4.78 is 18.2. The average molecular weight is 2480 g/mol. The van der Waals surface area contributed by atoms with E-state index >= 15 is 0 Å². The van der Waals surface area contributed by atoms with E-state index in [4.69, 9.17) is 36.8 Å². The Morgan fingerprint density at radius 2 is 0.920 bits per heavy atom. The number of carbonyl (C=O) groups excluding carboxylic acids is 6. The molecule has 9 heterocycles. The summed E-state index contributed by atoms with van der Waals surface area (Å²) in [7, 11) is 4.01. The molecule has 14 aromatic rings. The van der Waals surface area contributed by atoms with Crippen molar-refractivity contribution in [1.82, 2.24) is 44.2 Å². The minimum absolute atomic E-state index is 0. The Hall–Kier alpha value is -7.13. The number of fused-ring (bicyclic) bond motifs is 3. The molecular formula is C98H114Br7ClN13NaO12S6. The third-order valence-electron chi connectivity index (χ3n) is 18.3. The van der Waals surface area contributed by atoms with Crippen LogP contribution >= 0.6 is 188 Å². The van der Waals surface area contributed by atoms with Crippen molar-refractivity contribution in [3.8, 4) is 0 Å². The molecule has 25 nitrogen and oxygen atoms in total. The Balaban J connectivity index is 0.000000337. The first-order valence-electron chi connectivity index (χ1n) is 43.2. The van der Waals surface area contributed by atoms with Gasteiger partial charge in [-0.05, 0) is 233 Å². The molecule has 9 aromatic heterocycles. The second kappa shape index (κ2) is 65.2. The maximum absolute atomic E-state index is 13.1. The molecule has 0 aliphatic rings. The summed E-state index contributed by atoms with van der Waals surface area (Å²) in [4.78, 5) is 126. The molecule has 0 bridgehead atoms. The summed E-state index contributed by atoms with van der Waals surface area (Å²) in [5.41, 5.74) is 10.5. The second-order valence-electron chi connectivity index (χ2n) is 31.8. The predicted octanol–water partition coefficient (Wildman–Crippen LogP) is 24.6. The number of amides is 5. The number of benzene rings is 5. The third kappa shape index (κ3) is 42.8. The predicted molar refractivity (Wildman–Crippen MR) is 594 cm³/mol. The van der Waals surface area contributed by atoms with E-state index in [1.54, 1.807) is 52.8 Å². The molecule has 14 rings (SSSR count). The minimum Gasteiger partial charge on any atom is -0.870 e. The number of alkyl halides is 2. The number of aryl methyl sites for hydroxylation is 1. The maximum atomic E-state index is 13.1. The van der Waals surface area contributed by atoms with E-state index in [1.807, 2.05) is 240 Å². The standard InChI is InChI=1S/C17H20N2O3S.C16H13Br3N2OS.C16H14Br2N2OS.C16H18N2O2S.C16H16N2OS.C9H13NO2S.C4H7ClO.C4H12N2.Br2.Na.H2O/c1-17(2,3)22-16(21)19-15-13(9-10-23-15)14(20)18-11-12-7-5-4-6-8-12;1-2-10(17)14-20-15-11(12(18)13(19)23-15)16(22)21(14)8-9-6-4-3-5-7-9;1-2-12(17)14-19-15-11(8-13(18)22-15)16(21)20(14)9-10-6-4-3-5-7-10;1-2-6-14(19)18-16-13(9-10-21-16)15(20)17-11-12-7-4-3-5-8-12;1-2-6-14-17-15-13(9-10-20-15)16(19)18(14)11-12-7-4-3-5-8-12;1-9(2,3)12-8(11)10-7-5-4-6-13-7;1-2-3-4(5)6;1-6(2)4-3-5;1-2;;/h4-10H,11H2,1-3H3,(H,18,20)(H,19,21);3-7,10H,2,8H2,1H3;3-8,12H,2,9H2,1H3;3-5,7-10H,2,6,11H2,1H3,(H,17,20)(H,18,19);3-5,7-10H,2,6,11H2,1H3;4-6H,1-3H3,(H,10,11);2-3H2,1H3;3-5H2,1-2H3;;;1H2/q;;;;;;;;;+1;/p-1. The van der Waals surface area contributed by atoms with Gasteiger partial charge >= 0.3 is 41.7 Å².